The van der Waals surface area contributed by atoms with E-state index in [2.05, 4.69) is 4.72 Å². The second-order valence-corrected chi connectivity index (χ2v) is 7.03. The molecule has 0 radical (unpaired) electrons. The summed E-state index contributed by atoms with van der Waals surface area (Å²) in [7, 11) is -3.76. The van der Waals surface area contributed by atoms with Crippen molar-refractivity contribution in [3.8, 4) is 0 Å². The highest BCUT2D eigenvalue weighted by molar-refractivity contribution is 7.92. The molecule has 0 bridgehead atoms. The molecule has 0 aromatic heterocycles. The third-order valence-corrected chi connectivity index (χ3v) is 4.96. The number of hydrogen-bond donors (Lipinski definition) is 1. The van der Waals surface area contributed by atoms with Gasteiger partial charge in [0, 0.05) is 12.1 Å². The van der Waals surface area contributed by atoms with Gasteiger partial charge in [0.05, 0.1) is 17.1 Å². The Balaban J connectivity index is 1.71. The van der Waals surface area contributed by atoms with Gasteiger partial charge in [-0.3, -0.25) is 4.72 Å². The number of hydrogen-bond acceptors (Lipinski definition) is 6. The summed E-state index contributed by atoms with van der Waals surface area (Å²) in [5.74, 6) is -1.27. The molecule has 1 aliphatic rings. The third kappa shape index (κ3) is 3.97. The van der Waals surface area contributed by atoms with E-state index in [4.69, 9.17) is 9.47 Å². The summed E-state index contributed by atoms with van der Waals surface area (Å²) in [6, 6.07) is 13.7. The van der Waals surface area contributed by atoms with E-state index in [1.54, 1.807) is 30.3 Å². The molecule has 0 aliphatic carbocycles. The largest absolute Gasteiger partial charge is 0.463 e. The van der Waals surface area contributed by atoms with E-state index in [1.165, 1.54) is 24.3 Å². The molecule has 1 saturated heterocycles. The molecule has 0 saturated carbocycles. The van der Waals surface area contributed by atoms with Gasteiger partial charge in [-0.25, -0.2) is 18.0 Å². The molecule has 1 aliphatic heterocycles. The highest BCUT2D eigenvalue weighted by Crippen LogP contribution is 2.18. The first-order valence-electron chi connectivity index (χ1n) is 7.51. The Hall–Kier alpha value is -2.87. The number of anilines is 1. The molecule has 25 heavy (non-hydrogen) atoms. The number of para-hydroxylation sites is 1. The summed E-state index contributed by atoms with van der Waals surface area (Å²) in [6.45, 7) is 0.221. The molecular formula is C17H15NO6S. The predicted molar refractivity (Wildman–Crippen MR) is 88.5 cm³/mol. The van der Waals surface area contributed by atoms with Crippen LogP contribution in [-0.2, 0) is 24.3 Å². The van der Waals surface area contributed by atoms with E-state index in [-0.39, 0.29) is 17.1 Å². The third-order valence-electron chi connectivity index (χ3n) is 3.56. The van der Waals surface area contributed by atoms with Crippen molar-refractivity contribution in [3.05, 3.63) is 60.2 Å². The van der Waals surface area contributed by atoms with Crippen LogP contribution in [0.5, 0.6) is 0 Å². The van der Waals surface area contributed by atoms with Crippen molar-refractivity contribution in [1.29, 1.82) is 0 Å². The number of esters is 2. The maximum Gasteiger partial charge on any atom is 0.347 e. The quantitative estimate of drug-likeness (QED) is 0.818. The van der Waals surface area contributed by atoms with E-state index in [9.17, 15) is 18.0 Å². The predicted octanol–water partition coefficient (Wildman–Crippen LogP) is 1.96. The molecule has 0 unspecified atom stereocenters. The van der Waals surface area contributed by atoms with Crippen LogP contribution in [0.2, 0.25) is 0 Å². The van der Waals surface area contributed by atoms with Gasteiger partial charge >= 0.3 is 11.9 Å². The van der Waals surface area contributed by atoms with Crippen molar-refractivity contribution < 1.29 is 27.5 Å². The normalized spacial score (nSPS) is 17.0. The van der Waals surface area contributed by atoms with Crippen LogP contribution in [0.4, 0.5) is 5.69 Å². The molecule has 1 atom stereocenters. The number of carbonyl (C=O) groups excluding carboxylic acids is 2. The molecule has 8 heteroatoms. The zero-order valence-corrected chi connectivity index (χ0v) is 13.9. The van der Waals surface area contributed by atoms with Gasteiger partial charge in [0.25, 0.3) is 10.0 Å². The molecular weight excluding hydrogens is 346 g/mol. The Bertz CT molecular complexity index is 877. The smallest absolute Gasteiger partial charge is 0.347 e. The number of ether oxygens (including phenoxy) is 2. The van der Waals surface area contributed by atoms with Gasteiger partial charge in [-0.2, -0.15) is 0 Å². The Morgan fingerprint density at radius 3 is 2.36 bits per heavy atom. The van der Waals surface area contributed by atoms with Crippen LogP contribution in [-0.4, -0.2) is 33.1 Å². The minimum atomic E-state index is -3.76. The molecule has 1 fully saturated rings. The van der Waals surface area contributed by atoms with Gasteiger partial charge in [0.2, 0.25) is 6.10 Å². The molecule has 0 amide bonds. The molecule has 130 valence electrons. The van der Waals surface area contributed by atoms with Crippen LogP contribution >= 0.6 is 0 Å². The zero-order chi connectivity index (χ0) is 17.9. The van der Waals surface area contributed by atoms with Crippen LogP contribution in [0.25, 0.3) is 0 Å². The lowest BCUT2D eigenvalue weighted by Crippen LogP contribution is -2.22. The Kier molecular flexibility index (Phi) is 4.71. The monoisotopic (exact) mass is 361 g/mol. The lowest BCUT2D eigenvalue weighted by Gasteiger charge is -2.10. The minimum Gasteiger partial charge on any atom is -0.463 e. The number of benzene rings is 2. The molecule has 0 spiro atoms. The van der Waals surface area contributed by atoms with Crippen molar-refractivity contribution in [3.63, 3.8) is 0 Å². The number of sulfonamides is 1. The van der Waals surface area contributed by atoms with Crippen LogP contribution in [0.1, 0.15) is 16.8 Å². The average molecular weight is 361 g/mol. The van der Waals surface area contributed by atoms with Gasteiger partial charge in [-0.15, -0.1) is 0 Å². The van der Waals surface area contributed by atoms with Crippen molar-refractivity contribution in [2.45, 2.75) is 17.4 Å². The molecule has 7 nitrogen and oxygen atoms in total. The Labute approximate surface area is 144 Å². The molecule has 1 N–H and O–H groups in total. The van der Waals surface area contributed by atoms with Gasteiger partial charge in [0.15, 0.2) is 0 Å². The molecule has 2 aromatic rings. The van der Waals surface area contributed by atoms with E-state index in [1.807, 2.05) is 0 Å². The van der Waals surface area contributed by atoms with Crippen LogP contribution in [0.15, 0.2) is 59.5 Å². The number of cyclic esters (lactones) is 1. The maximum atomic E-state index is 12.3. The summed E-state index contributed by atoms with van der Waals surface area (Å²) < 4.78 is 36.8. The van der Waals surface area contributed by atoms with Crippen LogP contribution in [0.3, 0.4) is 0 Å². The molecule has 2 aromatic carbocycles. The summed E-state index contributed by atoms with van der Waals surface area (Å²) in [6.07, 6.45) is -0.589. The van der Waals surface area contributed by atoms with Gasteiger partial charge in [0.1, 0.15) is 0 Å². The SMILES string of the molecule is O=C(O[C@@H]1CCOC1=O)c1ccc(S(=O)(=O)Nc2ccccc2)cc1. The fourth-order valence-corrected chi connectivity index (χ4v) is 3.33. The minimum absolute atomic E-state index is 0.00757. The van der Waals surface area contributed by atoms with E-state index in [0.717, 1.165) is 0 Å². The van der Waals surface area contributed by atoms with Crippen molar-refractivity contribution in [2.75, 3.05) is 11.3 Å². The van der Waals surface area contributed by atoms with Crippen molar-refractivity contribution in [1.82, 2.24) is 0 Å². The number of carbonyl (C=O) groups is 2. The first-order valence-corrected chi connectivity index (χ1v) is 8.99. The number of rotatable bonds is 5. The van der Waals surface area contributed by atoms with Crippen LogP contribution < -0.4 is 4.72 Å². The van der Waals surface area contributed by atoms with Gasteiger partial charge in [-0.1, -0.05) is 18.2 Å². The van der Waals surface area contributed by atoms with Crippen LogP contribution in [0, 0.1) is 0 Å². The summed E-state index contributed by atoms with van der Waals surface area (Å²) >= 11 is 0. The fourth-order valence-electron chi connectivity index (χ4n) is 2.27. The first-order chi connectivity index (χ1) is 12.0. The summed E-state index contributed by atoms with van der Waals surface area (Å²) in [5, 5.41) is 0. The van der Waals surface area contributed by atoms with Gasteiger partial charge < -0.3 is 9.47 Å². The van der Waals surface area contributed by atoms with E-state index >= 15 is 0 Å². The highest BCUT2D eigenvalue weighted by atomic mass is 32.2. The molecule has 3 rings (SSSR count). The van der Waals surface area contributed by atoms with Crippen molar-refractivity contribution in [2.24, 2.45) is 0 Å². The van der Waals surface area contributed by atoms with Crippen molar-refractivity contribution >= 4 is 27.6 Å². The summed E-state index contributed by atoms with van der Waals surface area (Å²) in [5.41, 5.74) is 0.587. The number of nitrogens with one attached hydrogen (secondary N) is 1. The average Bonchev–Trinajstić information content (AvgIpc) is 3.00. The van der Waals surface area contributed by atoms with Gasteiger partial charge in [-0.05, 0) is 36.4 Å². The molecule has 1 heterocycles. The Morgan fingerprint density at radius 2 is 1.76 bits per heavy atom. The fraction of sp³-hybridized carbons (Fsp3) is 0.176. The Morgan fingerprint density at radius 1 is 1.08 bits per heavy atom. The zero-order valence-electron chi connectivity index (χ0n) is 13.0. The summed E-state index contributed by atoms with van der Waals surface area (Å²) in [4.78, 5) is 23.3. The second kappa shape index (κ2) is 6.94. The lowest BCUT2D eigenvalue weighted by molar-refractivity contribution is -0.145. The second-order valence-electron chi connectivity index (χ2n) is 5.35. The van der Waals surface area contributed by atoms with E-state index < -0.39 is 28.1 Å². The lowest BCUT2D eigenvalue weighted by atomic mass is 10.2. The standard InChI is InChI=1S/C17H15NO6S/c19-16(24-15-10-11-23-17(15)20)12-6-8-14(9-7-12)25(21,22)18-13-4-2-1-3-5-13/h1-9,15,18H,10-11H2/t15-/m1/s1. The highest BCUT2D eigenvalue weighted by Gasteiger charge is 2.30. The first kappa shape index (κ1) is 17.0. The maximum absolute atomic E-state index is 12.3. The topological polar surface area (TPSA) is 98.8 Å². The van der Waals surface area contributed by atoms with E-state index in [0.29, 0.717) is 12.1 Å².